The van der Waals surface area contributed by atoms with Crippen LogP contribution in [0.15, 0.2) is 35.7 Å². The van der Waals surface area contributed by atoms with Crippen molar-refractivity contribution in [2.45, 2.75) is 5.03 Å². The lowest BCUT2D eigenvalue weighted by molar-refractivity contribution is 0.0698. The highest BCUT2D eigenvalue weighted by Crippen LogP contribution is 2.24. The maximum Gasteiger partial charge on any atom is 0.338 e. The van der Waals surface area contributed by atoms with E-state index in [9.17, 15) is 18.3 Å². The number of carbonyl (C=O) groups is 1. The van der Waals surface area contributed by atoms with Gasteiger partial charge in [-0.2, -0.15) is 5.10 Å². The van der Waals surface area contributed by atoms with Gasteiger partial charge in [0.1, 0.15) is 0 Å². The molecule has 0 saturated carbocycles. The highest BCUT2D eigenvalue weighted by Gasteiger charge is 2.17. The quantitative estimate of drug-likeness (QED) is 0.738. The van der Waals surface area contributed by atoms with Crippen LogP contribution in [0.3, 0.4) is 0 Å². The van der Waals surface area contributed by atoms with E-state index in [0.717, 1.165) is 6.26 Å². The average Bonchev–Trinajstić information content (AvgIpc) is 2.97. The highest BCUT2D eigenvalue weighted by atomic mass is 32.2. The molecule has 0 bridgehead atoms. The second kappa shape index (κ2) is 5.57. The van der Waals surface area contributed by atoms with Gasteiger partial charge in [0.2, 0.25) is 5.88 Å². The molecule has 10 heteroatoms. The molecule has 0 aliphatic carbocycles. The number of ether oxygens (including phenoxy) is 1. The maximum atomic E-state index is 11.8. The smallest absolute Gasteiger partial charge is 0.338 e. The zero-order valence-corrected chi connectivity index (χ0v) is 13.5. The Bertz CT molecular complexity index is 1060. The van der Waals surface area contributed by atoms with E-state index in [1.165, 1.54) is 42.5 Å². The van der Waals surface area contributed by atoms with E-state index in [1.807, 2.05) is 0 Å². The number of hydrogen-bond acceptors (Lipinski definition) is 7. The van der Waals surface area contributed by atoms with E-state index in [1.54, 1.807) is 0 Å². The van der Waals surface area contributed by atoms with E-state index in [4.69, 9.17) is 4.74 Å². The average molecular weight is 348 g/mol. The molecule has 0 fully saturated rings. The summed E-state index contributed by atoms with van der Waals surface area (Å²) in [7, 11) is -2.20. The van der Waals surface area contributed by atoms with Gasteiger partial charge >= 0.3 is 5.97 Å². The van der Waals surface area contributed by atoms with Crippen molar-refractivity contribution in [3.05, 3.63) is 36.3 Å². The van der Waals surface area contributed by atoms with Gasteiger partial charge in [-0.1, -0.05) is 0 Å². The van der Waals surface area contributed by atoms with Gasteiger partial charge in [-0.25, -0.2) is 22.9 Å². The summed E-state index contributed by atoms with van der Waals surface area (Å²) in [6.45, 7) is 0. The zero-order chi connectivity index (χ0) is 17.5. The number of pyridine rings is 2. The third kappa shape index (κ3) is 2.67. The Morgan fingerprint density at radius 1 is 1.25 bits per heavy atom. The Kier molecular flexibility index (Phi) is 3.68. The number of aromatic nitrogens is 4. The number of hydrogen-bond donors (Lipinski definition) is 1. The lowest BCUT2D eigenvalue weighted by atomic mass is 10.2. The maximum absolute atomic E-state index is 11.8. The lowest BCUT2D eigenvalue weighted by Crippen LogP contribution is -2.06. The van der Waals surface area contributed by atoms with Crippen molar-refractivity contribution >= 4 is 26.7 Å². The molecule has 3 heterocycles. The first-order valence-electron chi connectivity index (χ1n) is 6.63. The molecule has 3 rings (SSSR count). The van der Waals surface area contributed by atoms with Gasteiger partial charge in [0.25, 0.3) is 0 Å². The Morgan fingerprint density at radius 3 is 2.62 bits per heavy atom. The predicted octanol–water partition coefficient (Wildman–Crippen LogP) is 0.926. The van der Waals surface area contributed by atoms with Gasteiger partial charge in [0.05, 0.1) is 36.3 Å². The summed E-state index contributed by atoms with van der Waals surface area (Å²) in [4.78, 5) is 19.1. The number of fused-ring (bicyclic) bond motifs is 1. The number of methoxy groups -OCH3 is 1. The van der Waals surface area contributed by atoms with E-state index < -0.39 is 15.8 Å². The van der Waals surface area contributed by atoms with Crippen LogP contribution < -0.4 is 4.74 Å². The van der Waals surface area contributed by atoms with E-state index in [0.29, 0.717) is 16.6 Å². The minimum absolute atomic E-state index is 0.00288. The first kappa shape index (κ1) is 15.9. The minimum atomic E-state index is -3.57. The van der Waals surface area contributed by atoms with Crippen molar-refractivity contribution in [2.75, 3.05) is 13.4 Å². The van der Waals surface area contributed by atoms with Gasteiger partial charge in [0, 0.05) is 30.0 Å². The van der Waals surface area contributed by atoms with Crippen LogP contribution in [-0.4, -0.2) is 52.6 Å². The second-order valence-corrected chi connectivity index (χ2v) is 6.92. The Hall–Kier alpha value is -3.01. The van der Waals surface area contributed by atoms with Crippen molar-refractivity contribution in [2.24, 2.45) is 0 Å². The fraction of sp³-hybridized carbons (Fsp3) is 0.143. The van der Waals surface area contributed by atoms with Crippen LogP contribution in [0.1, 0.15) is 10.4 Å². The summed E-state index contributed by atoms with van der Waals surface area (Å²) in [6.07, 6.45) is 5.09. The molecule has 0 radical (unpaired) electrons. The number of aromatic carboxylic acids is 1. The molecule has 0 atom stereocenters. The van der Waals surface area contributed by atoms with Crippen LogP contribution >= 0.6 is 0 Å². The fourth-order valence-corrected chi connectivity index (χ4v) is 2.79. The molecular weight excluding hydrogens is 336 g/mol. The van der Waals surface area contributed by atoms with Crippen LogP contribution in [0.5, 0.6) is 5.88 Å². The van der Waals surface area contributed by atoms with E-state index in [-0.39, 0.29) is 16.5 Å². The standard InChI is InChI=1S/C14H12N4O5S/c1-23-12-3-8(4-13(17-12)24(2,21)22)18-11-7-15-5-10(14(19)20)9(11)6-16-18/h3-7H,1-2H3,(H,19,20). The summed E-state index contributed by atoms with van der Waals surface area (Å²) in [5, 5.41) is 13.6. The first-order valence-corrected chi connectivity index (χ1v) is 8.52. The predicted molar refractivity (Wildman–Crippen MR) is 83.3 cm³/mol. The summed E-state index contributed by atoms with van der Waals surface area (Å²) >= 11 is 0. The first-order chi connectivity index (χ1) is 11.3. The molecule has 24 heavy (non-hydrogen) atoms. The molecular formula is C14H12N4O5S. The van der Waals surface area contributed by atoms with Crippen molar-refractivity contribution in [1.29, 1.82) is 0 Å². The Balaban J connectivity index is 2.28. The highest BCUT2D eigenvalue weighted by molar-refractivity contribution is 7.90. The molecule has 0 aliphatic rings. The number of carboxylic acids is 1. The van der Waals surface area contributed by atoms with Gasteiger partial charge in [-0.05, 0) is 0 Å². The molecule has 9 nitrogen and oxygen atoms in total. The molecule has 0 saturated heterocycles. The second-order valence-electron chi connectivity index (χ2n) is 4.96. The van der Waals surface area contributed by atoms with Crippen LogP contribution in [0.25, 0.3) is 16.6 Å². The number of carboxylic acid groups (broad SMARTS) is 1. The minimum Gasteiger partial charge on any atom is -0.481 e. The van der Waals surface area contributed by atoms with E-state index >= 15 is 0 Å². The molecule has 0 aliphatic heterocycles. The SMILES string of the molecule is COc1cc(-n2ncc3c(C(=O)O)cncc32)cc(S(C)(=O)=O)n1. The molecule has 124 valence electrons. The van der Waals surface area contributed by atoms with Crippen molar-refractivity contribution in [3.63, 3.8) is 0 Å². The Labute approximate surface area is 136 Å². The molecule has 0 spiro atoms. The van der Waals surface area contributed by atoms with Gasteiger partial charge in [-0.3, -0.25) is 4.98 Å². The normalized spacial score (nSPS) is 11.6. The summed E-state index contributed by atoms with van der Waals surface area (Å²) < 4.78 is 30.0. The van der Waals surface area contributed by atoms with Crippen molar-refractivity contribution < 1.29 is 23.1 Å². The van der Waals surface area contributed by atoms with Crippen LogP contribution in [-0.2, 0) is 9.84 Å². The molecule has 3 aromatic heterocycles. The molecule has 0 amide bonds. The lowest BCUT2D eigenvalue weighted by Gasteiger charge is -2.08. The van der Waals surface area contributed by atoms with Gasteiger partial charge in [0.15, 0.2) is 14.9 Å². The van der Waals surface area contributed by atoms with Crippen molar-refractivity contribution in [3.8, 4) is 11.6 Å². The summed E-state index contributed by atoms with van der Waals surface area (Å²) in [5.41, 5.74) is 0.785. The van der Waals surface area contributed by atoms with Gasteiger partial charge < -0.3 is 9.84 Å². The van der Waals surface area contributed by atoms with Crippen molar-refractivity contribution in [1.82, 2.24) is 19.7 Å². The summed E-state index contributed by atoms with van der Waals surface area (Å²) in [6, 6.07) is 2.83. The Morgan fingerprint density at radius 2 is 2.00 bits per heavy atom. The fourth-order valence-electron chi connectivity index (χ4n) is 2.20. The number of rotatable bonds is 4. The molecule has 3 aromatic rings. The van der Waals surface area contributed by atoms with Crippen LogP contribution in [0.4, 0.5) is 0 Å². The molecule has 1 N–H and O–H groups in total. The topological polar surface area (TPSA) is 124 Å². The third-order valence-electron chi connectivity index (χ3n) is 3.32. The monoisotopic (exact) mass is 348 g/mol. The third-order valence-corrected chi connectivity index (χ3v) is 4.29. The van der Waals surface area contributed by atoms with Crippen LogP contribution in [0.2, 0.25) is 0 Å². The number of sulfone groups is 1. The van der Waals surface area contributed by atoms with Gasteiger partial charge in [-0.15, -0.1) is 0 Å². The van der Waals surface area contributed by atoms with Crippen LogP contribution in [0, 0.1) is 0 Å². The summed E-state index contributed by atoms with van der Waals surface area (Å²) in [5.74, 6) is -1.03. The largest absolute Gasteiger partial charge is 0.481 e. The molecule has 0 unspecified atom stereocenters. The zero-order valence-electron chi connectivity index (χ0n) is 12.7. The van der Waals surface area contributed by atoms with E-state index in [2.05, 4.69) is 15.1 Å². The number of nitrogens with zero attached hydrogens (tertiary/aromatic N) is 4. The molecule has 0 aromatic carbocycles.